The highest BCUT2D eigenvalue weighted by molar-refractivity contribution is 6.42. The Hall–Kier alpha value is -2.44. The van der Waals surface area contributed by atoms with Gasteiger partial charge in [0.15, 0.2) is 0 Å². The van der Waals surface area contributed by atoms with Gasteiger partial charge in [0.2, 0.25) is 5.91 Å². The van der Waals surface area contributed by atoms with E-state index in [0.717, 1.165) is 0 Å². The summed E-state index contributed by atoms with van der Waals surface area (Å²) < 4.78 is 12.8. The van der Waals surface area contributed by atoms with E-state index in [4.69, 9.17) is 23.2 Å². The lowest BCUT2D eigenvalue weighted by molar-refractivity contribution is -0.115. The molecular weight excluding hydrogens is 368 g/mol. The Labute approximate surface area is 153 Å². The summed E-state index contributed by atoms with van der Waals surface area (Å²) in [4.78, 5) is 23.8. The van der Waals surface area contributed by atoms with Gasteiger partial charge in [0.25, 0.3) is 5.91 Å². The summed E-state index contributed by atoms with van der Waals surface area (Å²) in [5.74, 6) is -1.25. The number of rotatable bonds is 5. The summed E-state index contributed by atoms with van der Waals surface area (Å²) in [5.41, 5.74) is 3.47. The monoisotopic (exact) mass is 381 g/mol. The molecule has 0 atom stereocenters. The number of hydrogen-bond donors (Lipinski definition) is 2. The van der Waals surface area contributed by atoms with Crippen molar-refractivity contribution in [2.75, 3.05) is 5.32 Å². The summed E-state index contributed by atoms with van der Waals surface area (Å²) in [5, 5.41) is 7.22. The van der Waals surface area contributed by atoms with Crippen LogP contribution in [0.4, 0.5) is 10.1 Å². The van der Waals surface area contributed by atoms with Crippen molar-refractivity contribution < 1.29 is 14.0 Å². The van der Waals surface area contributed by atoms with Crippen LogP contribution in [0.15, 0.2) is 47.6 Å². The number of hydrazone groups is 1. The fourth-order valence-electron chi connectivity index (χ4n) is 1.86. The van der Waals surface area contributed by atoms with Crippen LogP contribution < -0.4 is 10.7 Å². The molecule has 0 spiro atoms. The van der Waals surface area contributed by atoms with E-state index in [9.17, 15) is 14.0 Å². The zero-order valence-electron chi connectivity index (χ0n) is 13.1. The standard InChI is InChI=1S/C17H14Cl2FN3O2/c1-10(22-23-17(25)11-2-4-12(20)5-3-11)8-16(24)21-13-6-7-14(18)15(19)9-13/h2-7,9H,8H2,1H3,(H,21,24)(H,23,25). The van der Waals surface area contributed by atoms with Crippen LogP contribution in [0.25, 0.3) is 0 Å². The predicted molar refractivity (Wildman–Crippen MR) is 96.7 cm³/mol. The molecule has 0 heterocycles. The Balaban J connectivity index is 1.89. The second kappa shape index (κ2) is 8.60. The number of amides is 2. The molecule has 2 aromatic rings. The zero-order valence-corrected chi connectivity index (χ0v) is 14.7. The minimum absolute atomic E-state index is 0.0239. The van der Waals surface area contributed by atoms with Crippen molar-refractivity contribution in [3.8, 4) is 0 Å². The summed E-state index contributed by atoms with van der Waals surface area (Å²) >= 11 is 11.7. The van der Waals surface area contributed by atoms with Crippen LogP contribution in [0.2, 0.25) is 10.0 Å². The van der Waals surface area contributed by atoms with E-state index in [2.05, 4.69) is 15.8 Å². The largest absolute Gasteiger partial charge is 0.326 e. The fraction of sp³-hybridized carbons (Fsp3) is 0.118. The van der Waals surface area contributed by atoms with Crippen molar-refractivity contribution in [1.82, 2.24) is 5.43 Å². The van der Waals surface area contributed by atoms with Gasteiger partial charge in [0.05, 0.1) is 16.5 Å². The van der Waals surface area contributed by atoms with Gasteiger partial charge in [-0.25, -0.2) is 9.82 Å². The molecule has 0 saturated heterocycles. The van der Waals surface area contributed by atoms with Crippen LogP contribution in [0, 0.1) is 5.82 Å². The Morgan fingerprint density at radius 1 is 1.08 bits per heavy atom. The summed E-state index contributed by atoms with van der Waals surface area (Å²) in [6.45, 7) is 1.60. The molecule has 8 heteroatoms. The van der Waals surface area contributed by atoms with E-state index >= 15 is 0 Å². The van der Waals surface area contributed by atoms with Crippen molar-refractivity contribution in [2.45, 2.75) is 13.3 Å². The molecule has 0 aliphatic heterocycles. The molecule has 0 bridgehead atoms. The lowest BCUT2D eigenvalue weighted by atomic mass is 10.2. The van der Waals surface area contributed by atoms with Gasteiger partial charge < -0.3 is 5.32 Å². The van der Waals surface area contributed by atoms with E-state index < -0.39 is 11.7 Å². The van der Waals surface area contributed by atoms with Crippen molar-refractivity contribution >= 4 is 46.4 Å². The summed E-state index contributed by atoms with van der Waals surface area (Å²) in [6.07, 6.45) is -0.0239. The second-order valence-electron chi connectivity index (χ2n) is 5.15. The van der Waals surface area contributed by atoms with Crippen LogP contribution in [0.3, 0.4) is 0 Å². The smallest absolute Gasteiger partial charge is 0.271 e. The molecule has 2 rings (SSSR count). The number of anilines is 1. The SMILES string of the molecule is CC(CC(=O)Nc1ccc(Cl)c(Cl)c1)=NNC(=O)c1ccc(F)cc1. The molecule has 0 aliphatic carbocycles. The maximum absolute atomic E-state index is 12.8. The first-order valence-corrected chi connectivity index (χ1v) is 7.94. The van der Waals surface area contributed by atoms with Crippen molar-refractivity contribution in [2.24, 2.45) is 5.10 Å². The molecule has 0 radical (unpaired) electrons. The number of carbonyl (C=O) groups is 2. The third-order valence-corrected chi connectivity index (χ3v) is 3.81. The number of carbonyl (C=O) groups excluding carboxylic acids is 2. The number of hydrogen-bond acceptors (Lipinski definition) is 3. The Kier molecular flexibility index (Phi) is 6.50. The highest BCUT2D eigenvalue weighted by atomic mass is 35.5. The molecule has 130 valence electrons. The molecule has 2 amide bonds. The summed E-state index contributed by atoms with van der Waals surface area (Å²) in [7, 11) is 0. The van der Waals surface area contributed by atoms with Crippen LogP contribution in [0.5, 0.6) is 0 Å². The topological polar surface area (TPSA) is 70.6 Å². The van der Waals surface area contributed by atoms with Crippen molar-refractivity contribution in [3.05, 3.63) is 63.9 Å². The second-order valence-corrected chi connectivity index (χ2v) is 5.96. The lowest BCUT2D eigenvalue weighted by Crippen LogP contribution is -2.21. The lowest BCUT2D eigenvalue weighted by Gasteiger charge is -2.06. The first-order valence-electron chi connectivity index (χ1n) is 7.19. The number of nitrogens with zero attached hydrogens (tertiary/aromatic N) is 1. The average molecular weight is 382 g/mol. The maximum Gasteiger partial charge on any atom is 0.271 e. The fourth-order valence-corrected chi connectivity index (χ4v) is 2.16. The molecular formula is C17H14Cl2FN3O2. The quantitative estimate of drug-likeness (QED) is 0.599. The normalized spacial score (nSPS) is 11.1. The molecule has 0 fully saturated rings. The highest BCUT2D eigenvalue weighted by Crippen LogP contribution is 2.25. The van der Waals surface area contributed by atoms with Crippen LogP contribution in [-0.4, -0.2) is 17.5 Å². The molecule has 0 aromatic heterocycles. The Morgan fingerprint density at radius 3 is 2.40 bits per heavy atom. The average Bonchev–Trinajstić information content (AvgIpc) is 2.56. The molecule has 5 nitrogen and oxygen atoms in total. The van der Waals surface area contributed by atoms with Crippen molar-refractivity contribution in [1.29, 1.82) is 0 Å². The predicted octanol–water partition coefficient (Wildman–Crippen LogP) is 4.27. The molecule has 0 saturated carbocycles. The van der Waals surface area contributed by atoms with Gasteiger partial charge in [-0.1, -0.05) is 23.2 Å². The van der Waals surface area contributed by atoms with Crippen molar-refractivity contribution in [3.63, 3.8) is 0 Å². The van der Waals surface area contributed by atoms with Crippen LogP contribution in [-0.2, 0) is 4.79 Å². The highest BCUT2D eigenvalue weighted by Gasteiger charge is 2.08. The molecule has 25 heavy (non-hydrogen) atoms. The first kappa shape index (κ1) is 18.9. The van der Waals surface area contributed by atoms with E-state index in [-0.39, 0.29) is 17.9 Å². The molecule has 2 N–H and O–H groups in total. The first-order chi connectivity index (χ1) is 11.8. The molecule has 0 unspecified atom stereocenters. The number of halogens is 3. The van der Waals surface area contributed by atoms with Gasteiger partial charge in [-0.2, -0.15) is 5.10 Å². The van der Waals surface area contributed by atoms with E-state index in [1.807, 2.05) is 0 Å². The third kappa shape index (κ3) is 5.85. The minimum atomic E-state index is -0.496. The van der Waals surface area contributed by atoms with Crippen LogP contribution >= 0.6 is 23.2 Å². The van der Waals surface area contributed by atoms with Gasteiger partial charge in [0, 0.05) is 17.0 Å². The van der Waals surface area contributed by atoms with Gasteiger partial charge >= 0.3 is 0 Å². The van der Waals surface area contributed by atoms with Gasteiger partial charge in [0.1, 0.15) is 5.82 Å². The number of benzene rings is 2. The van der Waals surface area contributed by atoms with Gasteiger partial charge in [-0.3, -0.25) is 9.59 Å². The van der Waals surface area contributed by atoms with E-state index in [0.29, 0.717) is 21.4 Å². The third-order valence-electron chi connectivity index (χ3n) is 3.07. The Bertz CT molecular complexity index is 823. The minimum Gasteiger partial charge on any atom is -0.326 e. The van der Waals surface area contributed by atoms with Crippen LogP contribution in [0.1, 0.15) is 23.7 Å². The van der Waals surface area contributed by atoms with Gasteiger partial charge in [-0.05, 0) is 49.4 Å². The molecule has 0 aliphatic rings. The number of nitrogens with one attached hydrogen (secondary N) is 2. The molecule has 2 aromatic carbocycles. The zero-order chi connectivity index (χ0) is 18.4. The Morgan fingerprint density at radius 2 is 1.76 bits per heavy atom. The van der Waals surface area contributed by atoms with E-state index in [1.165, 1.54) is 30.3 Å². The van der Waals surface area contributed by atoms with Gasteiger partial charge in [-0.15, -0.1) is 0 Å². The van der Waals surface area contributed by atoms with E-state index in [1.54, 1.807) is 19.1 Å². The maximum atomic E-state index is 12.8. The summed E-state index contributed by atoms with van der Waals surface area (Å²) in [6, 6.07) is 9.76.